The van der Waals surface area contributed by atoms with Gasteiger partial charge in [0.25, 0.3) is 0 Å². The monoisotopic (exact) mass is 268 g/mol. The highest BCUT2D eigenvalue weighted by Crippen LogP contribution is 2.32. The SMILES string of the molecule is CC1(C(=O)NCC2CCCC2C(=O)O)CCCNC1. The highest BCUT2D eigenvalue weighted by molar-refractivity contribution is 5.82. The summed E-state index contributed by atoms with van der Waals surface area (Å²) in [5, 5.41) is 15.4. The fourth-order valence-corrected chi connectivity index (χ4v) is 3.29. The van der Waals surface area contributed by atoms with E-state index in [0.717, 1.165) is 38.6 Å². The topological polar surface area (TPSA) is 78.4 Å². The minimum atomic E-state index is -0.720. The summed E-state index contributed by atoms with van der Waals surface area (Å²) in [7, 11) is 0. The van der Waals surface area contributed by atoms with E-state index in [-0.39, 0.29) is 23.2 Å². The van der Waals surface area contributed by atoms with Gasteiger partial charge in [0.05, 0.1) is 11.3 Å². The molecule has 1 heterocycles. The molecule has 19 heavy (non-hydrogen) atoms. The van der Waals surface area contributed by atoms with Crippen molar-refractivity contribution in [2.45, 2.75) is 39.0 Å². The summed E-state index contributed by atoms with van der Waals surface area (Å²) in [5.74, 6) is -0.836. The Bertz CT molecular complexity index is 351. The van der Waals surface area contributed by atoms with E-state index in [1.807, 2.05) is 6.92 Å². The molecule has 3 unspecified atom stereocenters. The van der Waals surface area contributed by atoms with Gasteiger partial charge >= 0.3 is 5.97 Å². The molecule has 0 bridgehead atoms. The number of carbonyl (C=O) groups excluding carboxylic acids is 1. The van der Waals surface area contributed by atoms with E-state index in [9.17, 15) is 9.59 Å². The standard InChI is InChI=1S/C14H24N2O3/c1-14(6-3-7-15-9-14)13(19)16-8-10-4-2-5-11(10)12(17)18/h10-11,15H,2-9H2,1H3,(H,16,19)(H,17,18). The molecular formula is C14H24N2O3. The summed E-state index contributed by atoms with van der Waals surface area (Å²) in [4.78, 5) is 23.4. The molecule has 1 aliphatic carbocycles. The summed E-state index contributed by atoms with van der Waals surface area (Å²) >= 11 is 0. The highest BCUT2D eigenvalue weighted by atomic mass is 16.4. The van der Waals surface area contributed by atoms with E-state index in [4.69, 9.17) is 5.11 Å². The van der Waals surface area contributed by atoms with Crippen LogP contribution in [0.3, 0.4) is 0 Å². The molecule has 1 saturated carbocycles. The number of carbonyl (C=O) groups is 2. The number of piperidine rings is 1. The zero-order valence-corrected chi connectivity index (χ0v) is 11.6. The van der Waals surface area contributed by atoms with Crippen LogP contribution in [0, 0.1) is 17.3 Å². The molecule has 2 rings (SSSR count). The van der Waals surface area contributed by atoms with Crippen molar-refractivity contribution in [2.75, 3.05) is 19.6 Å². The average molecular weight is 268 g/mol. The number of hydrogen-bond donors (Lipinski definition) is 3. The second-order valence-corrected chi connectivity index (χ2v) is 6.19. The molecule has 0 aromatic rings. The van der Waals surface area contributed by atoms with E-state index < -0.39 is 5.97 Å². The van der Waals surface area contributed by atoms with Gasteiger partial charge in [0.15, 0.2) is 0 Å². The first-order chi connectivity index (χ1) is 9.03. The molecule has 0 spiro atoms. The molecule has 1 aliphatic heterocycles. The Morgan fingerprint density at radius 3 is 2.79 bits per heavy atom. The van der Waals surface area contributed by atoms with Crippen LogP contribution in [0.25, 0.3) is 0 Å². The lowest BCUT2D eigenvalue weighted by Gasteiger charge is -2.33. The molecule has 0 aromatic heterocycles. The zero-order valence-electron chi connectivity index (χ0n) is 11.6. The summed E-state index contributed by atoms with van der Waals surface area (Å²) < 4.78 is 0. The van der Waals surface area contributed by atoms with Gasteiger partial charge in [-0.15, -0.1) is 0 Å². The molecule has 1 amide bonds. The Morgan fingerprint density at radius 1 is 1.37 bits per heavy atom. The molecule has 2 aliphatic rings. The summed E-state index contributed by atoms with van der Waals surface area (Å²) in [6.45, 7) is 4.18. The van der Waals surface area contributed by atoms with Crippen molar-refractivity contribution in [3.63, 3.8) is 0 Å². The van der Waals surface area contributed by atoms with Crippen molar-refractivity contribution in [3.8, 4) is 0 Å². The Kier molecular flexibility index (Phi) is 4.45. The number of amides is 1. The van der Waals surface area contributed by atoms with Crippen molar-refractivity contribution in [1.82, 2.24) is 10.6 Å². The third-order valence-corrected chi connectivity index (χ3v) is 4.65. The van der Waals surface area contributed by atoms with Crippen molar-refractivity contribution in [2.24, 2.45) is 17.3 Å². The van der Waals surface area contributed by atoms with Gasteiger partial charge in [0.2, 0.25) is 5.91 Å². The van der Waals surface area contributed by atoms with E-state index >= 15 is 0 Å². The molecule has 3 atom stereocenters. The van der Waals surface area contributed by atoms with Gasteiger partial charge in [0.1, 0.15) is 0 Å². The maximum Gasteiger partial charge on any atom is 0.306 e. The van der Waals surface area contributed by atoms with Gasteiger partial charge < -0.3 is 15.7 Å². The number of nitrogens with one attached hydrogen (secondary N) is 2. The molecule has 1 saturated heterocycles. The number of carboxylic acid groups (broad SMARTS) is 1. The summed E-state index contributed by atoms with van der Waals surface area (Å²) in [5.41, 5.74) is -0.338. The predicted octanol–water partition coefficient (Wildman–Crippen LogP) is 0.993. The molecule has 5 heteroatoms. The second-order valence-electron chi connectivity index (χ2n) is 6.19. The van der Waals surface area contributed by atoms with Crippen LogP contribution >= 0.6 is 0 Å². The minimum Gasteiger partial charge on any atom is -0.481 e. The highest BCUT2D eigenvalue weighted by Gasteiger charge is 2.37. The van der Waals surface area contributed by atoms with Crippen LogP contribution in [0.2, 0.25) is 0 Å². The summed E-state index contributed by atoms with van der Waals surface area (Å²) in [6, 6.07) is 0. The van der Waals surface area contributed by atoms with Gasteiger partial charge in [-0.05, 0) is 45.1 Å². The van der Waals surface area contributed by atoms with E-state index in [0.29, 0.717) is 13.1 Å². The van der Waals surface area contributed by atoms with Gasteiger partial charge in [0, 0.05) is 13.1 Å². The molecule has 5 nitrogen and oxygen atoms in total. The molecule has 0 radical (unpaired) electrons. The van der Waals surface area contributed by atoms with Crippen LogP contribution in [-0.4, -0.2) is 36.6 Å². The lowest BCUT2D eigenvalue weighted by Crippen LogP contribution is -2.49. The van der Waals surface area contributed by atoms with E-state index in [1.165, 1.54) is 0 Å². The molecular weight excluding hydrogens is 244 g/mol. The Hall–Kier alpha value is -1.10. The van der Waals surface area contributed by atoms with Gasteiger partial charge in [-0.2, -0.15) is 0 Å². The van der Waals surface area contributed by atoms with Crippen LogP contribution in [0.1, 0.15) is 39.0 Å². The van der Waals surface area contributed by atoms with E-state index in [2.05, 4.69) is 10.6 Å². The number of hydrogen-bond acceptors (Lipinski definition) is 3. The third-order valence-electron chi connectivity index (χ3n) is 4.65. The minimum absolute atomic E-state index is 0.0655. The average Bonchev–Trinajstić information content (AvgIpc) is 2.85. The van der Waals surface area contributed by atoms with Crippen LogP contribution < -0.4 is 10.6 Å². The molecule has 0 aromatic carbocycles. The predicted molar refractivity (Wildman–Crippen MR) is 71.7 cm³/mol. The van der Waals surface area contributed by atoms with Crippen LogP contribution in [0.15, 0.2) is 0 Å². The quantitative estimate of drug-likeness (QED) is 0.710. The van der Waals surface area contributed by atoms with Crippen molar-refractivity contribution in [3.05, 3.63) is 0 Å². The van der Waals surface area contributed by atoms with E-state index in [1.54, 1.807) is 0 Å². The lowest BCUT2D eigenvalue weighted by molar-refractivity contribution is -0.143. The van der Waals surface area contributed by atoms with Crippen molar-refractivity contribution in [1.29, 1.82) is 0 Å². The number of carboxylic acids is 1. The fourth-order valence-electron chi connectivity index (χ4n) is 3.29. The third kappa shape index (κ3) is 3.26. The Morgan fingerprint density at radius 2 is 2.16 bits per heavy atom. The Balaban J connectivity index is 1.84. The fraction of sp³-hybridized carbons (Fsp3) is 0.857. The van der Waals surface area contributed by atoms with Gasteiger partial charge in [-0.25, -0.2) is 0 Å². The van der Waals surface area contributed by atoms with Crippen molar-refractivity contribution >= 4 is 11.9 Å². The number of aliphatic carboxylic acids is 1. The number of rotatable bonds is 4. The first-order valence-electron chi connectivity index (χ1n) is 7.25. The van der Waals surface area contributed by atoms with Crippen LogP contribution in [0.5, 0.6) is 0 Å². The zero-order chi connectivity index (χ0) is 13.9. The first-order valence-corrected chi connectivity index (χ1v) is 7.25. The van der Waals surface area contributed by atoms with Crippen LogP contribution in [0.4, 0.5) is 0 Å². The van der Waals surface area contributed by atoms with Gasteiger partial charge in [-0.3, -0.25) is 9.59 Å². The molecule has 2 fully saturated rings. The molecule has 3 N–H and O–H groups in total. The summed E-state index contributed by atoms with van der Waals surface area (Å²) in [6.07, 6.45) is 4.53. The molecule has 108 valence electrons. The van der Waals surface area contributed by atoms with Crippen LogP contribution in [-0.2, 0) is 9.59 Å². The Labute approximate surface area is 114 Å². The first kappa shape index (κ1) is 14.3. The lowest BCUT2D eigenvalue weighted by atomic mass is 9.81. The smallest absolute Gasteiger partial charge is 0.306 e. The maximum absolute atomic E-state index is 12.3. The van der Waals surface area contributed by atoms with Crippen molar-refractivity contribution < 1.29 is 14.7 Å². The normalized spacial score (nSPS) is 35.0. The largest absolute Gasteiger partial charge is 0.481 e. The van der Waals surface area contributed by atoms with Gasteiger partial charge in [-0.1, -0.05) is 6.42 Å². The maximum atomic E-state index is 12.3. The second kappa shape index (κ2) is 5.90.